The molecule has 6 heteroatoms. The van der Waals surface area contributed by atoms with Crippen molar-refractivity contribution in [2.24, 2.45) is 0 Å². The SMILES string of the molecule is COc1ccc(N2C[C@@H](NC(=O)N(C)C3CCCCC3)CC2=O)cc1. The molecule has 0 bridgehead atoms. The summed E-state index contributed by atoms with van der Waals surface area (Å²) in [5, 5.41) is 3.03. The smallest absolute Gasteiger partial charge is 0.317 e. The molecule has 1 aromatic carbocycles. The van der Waals surface area contributed by atoms with E-state index in [1.165, 1.54) is 19.3 Å². The van der Waals surface area contributed by atoms with Gasteiger partial charge in [0.15, 0.2) is 0 Å². The number of hydrogen-bond donors (Lipinski definition) is 1. The normalized spacial score (nSPS) is 21.3. The van der Waals surface area contributed by atoms with E-state index in [0.717, 1.165) is 24.3 Å². The van der Waals surface area contributed by atoms with Crippen LogP contribution in [-0.2, 0) is 4.79 Å². The maximum Gasteiger partial charge on any atom is 0.317 e. The van der Waals surface area contributed by atoms with E-state index in [1.807, 2.05) is 36.2 Å². The topological polar surface area (TPSA) is 61.9 Å². The zero-order valence-electron chi connectivity index (χ0n) is 15.0. The lowest BCUT2D eigenvalue weighted by molar-refractivity contribution is -0.117. The number of urea groups is 1. The van der Waals surface area contributed by atoms with Crippen LogP contribution in [0.5, 0.6) is 5.75 Å². The molecule has 2 aliphatic rings. The minimum absolute atomic E-state index is 0.0378. The number of hydrogen-bond acceptors (Lipinski definition) is 3. The van der Waals surface area contributed by atoms with E-state index in [1.54, 1.807) is 12.0 Å². The largest absolute Gasteiger partial charge is 0.497 e. The number of amides is 3. The summed E-state index contributed by atoms with van der Waals surface area (Å²) in [7, 11) is 3.48. The highest BCUT2D eigenvalue weighted by Gasteiger charge is 2.33. The monoisotopic (exact) mass is 345 g/mol. The molecule has 1 saturated heterocycles. The highest BCUT2D eigenvalue weighted by molar-refractivity contribution is 5.96. The molecule has 136 valence electrons. The molecule has 25 heavy (non-hydrogen) atoms. The predicted octanol–water partition coefficient (Wildman–Crippen LogP) is 2.77. The molecule has 1 heterocycles. The molecule has 0 radical (unpaired) electrons. The van der Waals surface area contributed by atoms with Gasteiger partial charge >= 0.3 is 6.03 Å². The van der Waals surface area contributed by atoms with Gasteiger partial charge in [-0.2, -0.15) is 0 Å². The van der Waals surface area contributed by atoms with Crippen molar-refractivity contribution in [3.63, 3.8) is 0 Å². The molecule has 0 unspecified atom stereocenters. The van der Waals surface area contributed by atoms with Crippen LogP contribution in [-0.4, -0.2) is 49.6 Å². The highest BCUT2D eigenvalue weighted by Crippen LogP contribution is 2.25. The van der Waals surface area contributed by atoms with Crippen molar-refractivity contribution in [1.82, 2.24) is 10.2 Å². The summed E-state index contributed by atoms with van der Waals surface area (Å²) in [6.45, 7) is 0.509. The summed E-state index contributed by atoms with van der Waals surface area (Å²) in [6, 6.07) is 7.53. The Hall–Kier alpha value is -2.24. The van der Waals surface area contributed by atoms with Crippen molar-refractivity contribution in [2.45, 2.75) is 50.6 Å². The molecule has 3 amide bonds. The Morgan fingerprint density at radius 1 is 1.20 bits per heavy atom. The molecule has 1 atom stereocenters. The van der Waals surface area contributed by atoms with Crippen LogP contribution in [0.3, 0.4) is 0 Å². The van der Waals surface area contributed by atoms with Crippen molar-refractivity contribution in [2.75, 3.05) is 25.6 Å². The van der Waals surface area contributed by atoms with Crippen molar-refractivity contribution in [3.8, 4) is 5.75 Å². The molecule has 6 nitrogen and oxygen atoms in total. The summed E-state index contributed by atoms with van der Waals surface area (Å²) >= 11 is 0. The van der Waals surface area contributed by atoms with Crippen LogP contribution < -0.4 is 15.0 Å². The molecule has 1 saturated carbocycles. The van der Waals surface area contributed by atoms with Crippen molar-refractivity contribution < 1.29 is 14.3 Å². The van der Waals surface area contributed by atoms with Gasteiger partial charge in [0.05, 0.1) is 13.2 Å². The summed E-state index contributed by atoms with van der Waals surface area (Å²) in [5.74, 6) is 0.796. The van der Waals surface area contributed by atoms with E-state index in [-0.39, 0.29) is 18.0 Å². The Morgan fingerprint density at radius 3 is 2.52 bits per heavy atom. The van der Waals surface area contributed by atoms with Gasteiger partial charge in [0.25, 0.3) is 0 Å². The fourth-order valence-corrected chi connectivity index (χ4v) is 3.73. The molecule has 1 N–H and O–H groups in total. The van der Waals surface area contributed by atoms with Crippen molar-refractivity contribution >= 4 is 17.6 Å². The summed E-state index contributed by atoms with van der Waals surface area (Å²) in [5.41, 5.74) is 0.836. The fourth-order valence-electron chi connectivity index (χ4n) is 3.73. The maximum absolute atomic E-state index is 12.5. The van der Waals surface area contributed by atoms with E-state index >= 15 is 0 Å². The number of carbonyl (C=O) groups is 2. The number of anilines is 1. The van der Waals surface area contributed by atoms with E-state index in [9.17, 15) is 9.59 Å². The second-order valence-electron chi connectivity index (χ2n) is 6.96. The van der Waals surface area contributed by atoms with Gasteiger partial charge in [-0.1, -0.05) is 19.3 Å². The third kappa shape index (κ3) is 4.06. The summed E-state index contributed by atoms with van der Waals surface area (Å²) < 4.78 is 5.15. The van der Waals surface area contributed by atoms with E-state index < -0.39 is 0 Å². The van der Waals surface area contributed by atoms with Gasteiger partial charge in [0, 0.05) is 31.7 Å². The quantitative estimate of drug-likeness (QED) is 0.913. The molecule has 3 rings (SSSR count). The first-order chi connectivity index (χ1) is 12.1. The molecule has 2 fully saturated rings. The van der Waals surface area contributed by atoms with Crippen LogP contribution >= 0.6 is 0 Å². The first kappa shape index (κ1) is 17.6. The fraction of sp³-hybridized carbons (Fsp3) is 0.579. The lowest BCUT2D eigenvalue weighted by Gasteiger charge is -2.32. The van der Waals surface area contributed by atoms with Gasteiger partial charge in [-0.3, -0.25) is 4.79 Å². The van der Waals surface area contributed by atoms with Crippen LogP contribution in [0.25, 0.3) is 0 Å². The van der Waals surface area contributed by atoms with Gasteiger partial charge in [0.1, 0.15) is 5.75 Å². The van der Waals surface area contributed by atoms with Gasteiger partial charge < -0.3 is 19.9 Å². The second-order valence-corrected chi connectivity index (χ2v) is 6.96. The highest BCUT2D eigenvalue weighted by atomic mass is 16.5. The molecule has 1 aliphatic heterocycles. The Labute approximate surface area is 149 Å². The predicted molar refractivity (Wildman–Crippen MR) is 96.9 cm³/mol. The molecule has 1 aromatic rings. The Morgan fingerprint density at radius 2 is 1.88 bits per heavy atom. The third-order valence-electron chi connectivity index (χ3n) is 5.28. The van der Waals surface area contributed by atoms with E-state index in [2.05, 4.69) is 5.32 Å². The van der Waals surface area contributed by atoms with E-state index in [0.29, 0.717) is 19.0 Å². The number of rotatable bonds is 4. The van der Waals surface area contributed by atoms with Crippen LogP contribution in [0, 0.1) is 0 Å². The number of benzene rings is 1. The average molecular weight is 345 g/mol. The first-order valence-electron chi connectivity index (χ1n) is 9.06. The molecular formula is C19H27N3O3. The number of nitrogens with one attached hydrogen (secondary N) is 1. The summed E-state index contributed by atoms with van der Waals surface area (Å²) in [4.78, 5) is 28.4. The van der Waals surface area contributed by atoms with Gasteiger partial charge in [-0.15, -0.1) is 0 Å². The standard InChI is InChI=1S/C19H27N3O3/c1-21(15-6-4-3-5-7-15)19(24)20-14-12-18(23)22(13-14)16-8-10-17(25-2)11-9-16/h8-11,14-15H,3-7,12-13H2,1-2H3,(H,20,24)/t14-/m0/s1. The second kappa shape index (κ2) is 7.76. The lowest BCUT2D eigenvalue weighted by atomic mass is 9.95. The van der Waals surface area contributed by atoms with E-state index in [4.69, 9.17) is 4.74 Å². The minimum atomic E-state index is -0.145. The zero-order valence-corrected chi connectivity index (χ0v) is 15.0. The Kier molecular flexibility index (Phi) is 5.46. The molecule has 1 aliphatic carbocycles. The lowest BCUT2D eigenvalue weighted by Crippen LogP contribution is -2.48. The van der Waals surface area contributed by atoms with Gasteiger partial charge in [-0.05, 0) is 37.1 Å². The Balaban J connectivity index is 1.57. The van der Waals surface area contributed by atoms with Crippen LogP contribution in [0.1, 0.15) is 38.5 Å². The minimum Gasteiger partial charge on any atom is -0.497 e. The molecule has 0 spiro atoms. The Bertz CT molecular complexity index is 611. The number of ether oxygens (including phenoxy) is 1. The summed E-state index contributed by atoms with van der Waals surface area (Å²) in [6.07, 6.45) is 6.14. The van der Waals surface area contributed by atoms with Crippen molar-refractivity contribution in [1.29, 1.82) is 0 Å². The van der Waals surface area contributed by atoms with Crippen LogP contribution in [0.4, 0.5) is 10.5 Å². The number of nitrogens with zero attached hydrogens (tertiary/aromatic N) is 2. The molecular weight excluding hydrogens is 318 g/mol. The molecule has 0 aromatic heterocycles. The third-order valence-corrected chi connectivity index (χ3v) is 5.28. The number of methoxy groups -OCH3 is 1. The van der Waals surface area contributed by atoms with Crippen LogP contribution in [0.2, 0.25) is 0 Å². The zero-order chi connectivity index (χ0) is 17.8. The van der Waals surface area contributed by atoms with Crippen LogP contribution in [0.15, 0.2) is 24.3 Å². The maximum atomic E-state index is 12.5. The number of carbonyl (C=O) groups excluding carboxylic acids is 2. The van der Waals surface area contributed by atoms with Crippen molar-refractivity contribution in [3.05, 3.63) is 24.3 Å². The first-order valence-corrected chi connectivity index (χ1v) is 9.06. The van der Waals surface area contributed by atoms with Gasteiger partial charge in [0.2, 0.25) is 5.91 Å². The average Bonchev–Trinajstić information content (AvgIpc) is 3.02. The van der Waals surface area contributed by atoms with Gasteiger partial charge in [-0.25, -0.2) is 4.79 Å².